The molecular formula is C14H14BrFN2O2S. The van der Waals surface area contributed by atoms with E-state index in [4.69, 9.17) is 4.74 Å². The first-order chi connectivity index (χ1) is 9.74. The molecule has 1 N–H and O–H groups in total. The molecule has 0 atom stereocenters. The van der Waals surface area contributed by atoms with Crippen molar-refractivity contribution in [2.75, 3.05) is 5.32 Å². The first-order valence-electron chi connectivity index (χ1n) is 6.17. The third-order valence-electron chi connectivity index (χ3n) is 2.33. The maximum absolute atomic E-state index is 13.0. The molecule has 1 aromatic heterocycles. The maximum atomic E-state index is 13.0. The van der Waals surface area contributed by atoms with Gasteiger partial charge in [0.05, 0.1) is 4.88 Å². The number of benzene rings is 1. The zero-order valence-electron chi connectivity index (χ0n) is 11.7. The van der Waals surface area contributed by atoms with Crippen molar-refractivity contribution in [1.29, 1.82) is 0 Å². The minimum Gasteiger partial charge on any atom is -0.444 e. The summed E-state index contributed by atoms with van der Waals surface area (Å²) < 4.78 is 18.8. The molecule has 0 aliphatic heterocycles. The van der Waals surface area contributed by atoms with Gasteiger partial charge in [0.1, 0.15) is 11.4 Å². The third kappa shape index (κ3) is 4.50. The van der Waals surface area contributed by atoms with E-state index in [2.05, 4.69) is 26.2 Å². The topological polar surface area (TPSA) is 51.2 Å². The fourth-order valence-corrected chi connectivity index (χ4v) is 2.99. The Morgan fingerprint density at radius 2 is 1.95 bits per heavy atom. The van der Waals surface area contributed by atoms with Crippen molar-refractivity contribution < 1.29 is 13.9 Å². The number of hydrogen-bond donors (Lipinski definition) is 1. The van der Waals surface area contributed by atoms with Crippen LogP contribution < -0.4 is 5.32 Å². The van der Waals surface area contributed by atoms with Crippen LogP contribution in [0.4, 0.5) is 15.0 Å². The SMILES string of the molecule is CC(C)(C)OC(=O)Nc1nc(Br)sc1-c1ccc(F)cc1. The van der Waals surface area contributed by atoms with Gasteiger partial charge in [-0.2, -0.15) is 0 Å². The van der Waals surface area contributed by atoms with E-state index in [1.54, 1.807) is 32.9 Å². The van der Waals surface area contributed by atoms with Crippen LogP contribution in [0.1, 0.15) is 20.8 Å². The summed E-state index contributed by atoms with van der Waals surface area (Å²) in [4.78, 5) is 16.8. The maximum Gasteiger partial charge on any atom is 0.413 e. The van der Waals surface area contributed by atoms with Crippen molar-refractivity contribution in [3.63, 3.8) is 0 Å². The molecule has 0 spiro atoms. The standard InChI is InChI=1S/C14H14BrFN2O2S/c1-14(2,3)20-13(19)18-11-10(21-12(15)17-11)8-4-6-9(16)7-5-8/h4-7H,1-3H3,(H,18,19). The normalized spacial score (nSPS) is 11.3. The number of anilines is 1. The average molecular weight is 373 g/mol. The van der Waals surface area contributed by atoms with Gasteiger partial charge in [0.15, 0.2) is 9.73 Å². The van der Waals surface area contributed by atoms with Crippen LogP contribution >= 0.6 is 27.3 Å². The molecule has 0 unspecified atom stereocenters. The molecule has 0 fully saturated rings. The lowest BCUT2D eigenvalue weighted by atomic mass is 10.2. The van der Waals surface area contributed by atoms with Crippen LogP contribution in [0.5, 0.6) is 0 Å². The number of amides is 1. The molecule has 1 aromatic carbocycles. The van der Waals surface area contributed by atoms with E-state index >= 15 is 0 Å². The highest BCUT2D eigenvalue weighted by atomic mass is 79.9. The van der Waals surface area contributed by atoms with Gasteiger partial charge in [-0.3, -0.25) is 5.32 Å². The smallest absolute Gasteiger partial charge is 0.413 e. The quantitative estimate of drug-likeness (QED) is 0.801. The zero-order valence-corrected chi connectivity index (χ0v) is 14.1. The Hall–Kier alpha value is -1.47. The van der Waals surface area contributed by atoms with Crippen molar-refractivity contribution in [2.24, 2.45) is 0 Å². The predicted octanol–water partition coefficient (Wildman–Crippen LogP) is 5.06. The number of hydrogen-bond acceptors (Lipinski definition) is 4. The van der Waals surface area contributed by atoms with Gasteiger partial charge < -0.3 is 4.74 Å². The highest BCUT2D eigenvalue weighted by Gasteiger charge is 2.20. The number of rotatable bonds is 2. The lowest BCUT2D eigenvalue weighted by molar-refractivity contribution is 0.0635. The van der Waals surface area contributed by atoms with E-state index in [1.807, 2.05) is 0 Å². The number of nitrogens with zero attached hydrogens (tertiary/aromatic N) is 1. The second kappa shape index (κ2) is 6.11. The molecule has 0 bridgehead atoms. The Bertz CT molecular complexity index is 650. The van der Waals surface area contributed by atoms with E-state index < -0.39 is 11.7 Å². The number of nitrogens with one attached hydrogen (secondary N) is 1. The molecule has 0 saturated heterocycles. The van der Waals surface area contributed by atoms with Crippen LogP contribution in [0.15, 0.2) is 28.2 Å². The van der Waals surface area contributed by atoms with E-state index in [0.29, 0.717) is 9.73 Å². The number of carbonyl (C=O) groups is 1. The highest BCUT2D eigenvalue weighted by Crippen LogP contribution is 2.36. The largest absolute Gasteiger partial charge is 0.444 e. The van der Waals surface area contributed by atoms with Crippen LogP contribution in [0.3, 0.4) is 0 Å². The van der Waals surface area contributed by atoms with Crippen LogP contribution in [-0.4, -0.2) is 16.7 Å². The fraction of sp³-hybridized carbons (Fsp3) is 0.286. The first-order valence-corrected chi connectivity index (χ1v) is 7.78. The minimum atomic E-state index is -0.590. The highest BCUT2D eigenvalue weighted by molar-refractivity contribution is 9.11. The Morgan fingerprint density at radius 1 is 1.33 bits per heavy atom. The minimum absolute atomic E-state index is 0.316. The molecule has 0 radical (unpaired) electrons. The third-order valence-corrected chi connectivity index (χ3v) is 3.88. The second-order valence-electron chi connectivity index (χ2n) is 5.28. The van der Waals surface area contributed by atoms with Crippen molar-refractivity contribution >= 4 is 39.2 Å². The van der Waals surface area contributed by atoms with Crippen molar-refractivity contribution in [3.8, 4) is 10.4 Å². The average Bonchev–Trinajstić information content (AvgIpc) is 2.68. The molecule has 4 nitrogen and oxygen atoms in total. The van der Waals surface area contributed by atoms with Crippen molar-refractivity contribution in [2.45, 2.75) is 26.4 Å². The molecule has 2 aromatic rings. The summed E-state index contributed by atoms with van der Waals surface area (Å²) in [5.74, 6) is 0.0664. The Kier molecular flexibility index (Phi) is 4.63. The fourth-order valence-electron chi connectivity index (χ4n) is 1.58. The molecule has 1 heterocycles. The Labute approximate surface area is 134 Å². The van der Waals surface area contributed by atoms with Gasteiger partial charge in [-0.15, -0.1) is 11.3 Å². The van der Waals surface area contributed by atoms with Crippen LogP contribution in [-0.2, 0) is 4.74 Å². The molecule has 0 saturated carbocycles. The molecule has 1 amide bonds. The first kappa shape index (κ1) is 15.9. The van der Waals surface area contributed by atoms with Gasteiger partial charge in [-0.25, -0.2) is 14.2 Å². The molecule has 7 heteroatoms. The molecule has 0 aliphatic carbocycles. The van der Waals surface area contributed by atoms with E-state index in [-0.39, 0.29) is 5.82 Å². The molecule has 112 valence electrons. The van der Waals surface area contributed by atoms with Crippen LogP contribution in [0.2, 0.25) is 0 Å². The van der Waals surface area contributed by atoms with Gasteiger partial charge in [0, 0.05) is 0 Å². The van der Waals surface area contributed by atoms with E-state index in [0.717, 1.165) is 10.4 Å². The molecular weight excluding hydrogens is 359 g/mol. The Balaban J connectivity index is 2.25. The van der Waals surface area contributed by atoms with Crippen LogP contribution in [0, 0.1) is 5.82 Å². The second-order valence-corrected chi connectivity index (χ2v) is 7.55. The summed E-state index contributed by atoms with van der Waals surface area (Å²) >= 11 is 4.63. The number of carbonyl (C=O) groups excluding carboxylic acids is 1. The van der Waals surface area contributed by atoms with E-state index in [9.17, 15) is 9.18 Å². The molecule has 21 heavy (non-hydrogen) atoms. The van der Waals surface area contributed by atoms with Gasteiger partial charge in [0.25, 0.3) is 0 Å². The Morgan fingerprint density at radius 3 is 2.52 bits per heavy atom. The molecule has 2 rings (SSSR count). The lowest BCUT2D eigenvalue weighted by Gasteiger charge is -2.19. The lowest BCUT2D eigenvalue weighted by Crippen LogP contribution is -2.27. The molecule has 0 aliphatic rings. The van der Waals surface area contributed by atoms with Crippen molar-refractivity contribution in [1.82, 2.24) is 4.98 Å². The summed E-state index contributed by atoms with van der Waals surface area (Å²) in [6, 6.07) is 5.99. The number of halogens is 2. The van der Waals surface area contributed by atoms with Crippen molar-refractivity contribution in [3.05, 3.63) is 34.0 Å². The summed E-state index contributed by atoms with van der Waals surface area (Å²) in [5.41, 5.74) is 0.179. The summed E-state index contributed by atoms with van der Waals surface area (Å²) in [7, 11) is 0. The summed E-state index contributed by atoms with van der Waals surface area (Å²) in [6.45, 7) is 5.35. The number of thiazole rings is 1. The van der Waals surface area contributed by atoms with Crippen LogP contribution in [0.25, 0.3) is 10.4 Å². The summed E-state index contributed by atoms with van der Waals surface area (Å²) in [6.07, 6.45) is -0.580. The summed E-state index contributed by atoms with van der Waals surface area (Å²) in [5, 5.41) is 2.62. The number of aromatic nitrogens is 1. The van der Waals surface area contributed by atoms with E-state index in [1.165, 1.54) is 23.5 Å². The van der Waals surface area contributed by atoms with Gasteiger partial charge in [-0.05, 0) is 54.4 Å². The van der Waals surface area contributed by atoms with Gasteiger partial charge in [0.2, 0.25) is 0 Å². The zero-order chi connectivity index (χ0) is 15.6. The van der Waals surface area contributed by atoms with Gasteiger partial charge in [-0.1, -0.05) is 12.1 Å². The van der Waals surface area contributed by atoms with Gasteiger partial charge >= 0.3 is 6.09 Å². The monoisotopic (exact) mass is 372 g/mol. The number of ether oxygens (including phenoxy) is 1. The predicted molar refractivity (Wildman–Crippen MR) is 85.1 cm³/mol.